The zero-order valence-electron chi connectivity index (χ0n) is 14.8. The molecule has 0 radical (unpaired) electrons. The van der Waals surface area contributed by atoms with Crippen LogP contribution in [-0.2, 0) is 0 Å². The van der Waals surface area contributed by atoms with Crippen molar-refractivity contribution in [3.8, 4) is 0 Å². The van der Waals surface area contributed by atoms with E-state index in [1.165, 1.54) is 11.0 Å². The first kappa shape index (κ1) is 17.8. The molecule has 0 aliphatic carbocycles. The third-order valence-electron chi connectivity index (χ3n) is 4.22. The fourth-order valence-electron chi connectivity index (χ4n) is 2.47. The molecule has 1 N–H and O–H groups in total. The summed E-state index contributed by atoms with van der Waals surface area (Å²) in [5.74, 6) is -0.309. The van der Waals surface area contributed by atoms with Gasteiger partial charge in [0.2, 0.25) is 0 Å². The zero-order valence-corrected chi connectivity index (χ0v) is 14.8. The molecule has 1 atom stereocenters. The normalized spacial score (nSPS) is 11.8. The van der Waals surface area contributed by atoms with E-state index < -0.39 is 0 Å². The van der Waals surface area contributed by atoms with Crippen LogP contribution in [0.15, 0.2) is 42.5 Å². The number of nitrogens with zero attached hydrogens (tertiary/aromatic N) is 2. The summed E-state index contributed by atoms with van der Waals surface area (Å²) >= 11 is 0. The number of hydrogen-bond donors (Lipinski definition) is 1. The number of aryl methyl sites for hydroxylation is 1. The highest BCUT2D eigenvalue weighted by Crippen LogP contribution is 2.24. The fraction of sp³-hybridized carbons (Fsp3) is 0.316. The summed E-state index contributed by atoms with van der Waals surface area (Å²) in [6.45, 7) is 3.75. The lowest BCUT2D eigenvalue weighted by Crippen LogP contribution is -2.34. The average molecular weight is 329 g/mol. The molecule has 2 aromatic rings. The summed E-state index contributed by atoms with van der Waals surface area (Å²) in [4.78, 5) is 16.0. The largest absolute Gasteiger partial charge is 0.378 e. The van der Waals surface area contributed by atoms with Crippen LogP contribution in [0.2, 0.25) is 0 Å². The van der Waals surface area contributed by atoms with Crippen LogP contribution in [0.1, 0.15) is 24.1 Å². The van der Waals surface area contributed by atoms with E-state index in [0.717, 1.165) is 16.9 Å². The van der Waals surface area contributed by atoms with Gasteiger partial charge in [-0.15, -0.1) is 0 Å². The number of urea groups is 1. The van der Waals surface area contributed by atoms with Crippen molar-refractivity contribution in [1.29, 1.82) is 0 Å². The van der Waals surface area contributed by atoms with Crippen LogP contribution in [0, 0.1) is 12.7 Å². The maximum atomic E-state index is 13.9. The van der Waals surface area contributed by atoms with E-state index in [-0.39, 0.29) is 17.9 Å². The van der Waals surface area contributed by atoms with Gasteiger partial charge in [0, 0.05) is 38.1 Å². The minimum Gasteiger partial charge on any atom is -0.378 e. The van der Waals surface area contributed by atoms with Crippen LogP contribution in [0.5, 0.6) is 0 Å². The number of halogens is 1. The molecule has 2 amide bonds. The molecule has 1 unspecified atom stereocenters. The number of rotatable bonds is 4. The Balaban J connectivity index is 2.13. The van der Waals surface area contributed by atoms with Crippen LogP contribution in [0.3, 0.4) is 0 Å². The van der Waals surface area contributed by atoms with Crippen molar-refractivity contribution in [2.45, 2.75) is 19.9 Å². The molecular formula is C19H24FN3O. The lowest BCUT2D eigenvalue weighted by Gasteiger charge is -2.26. The zero-order chi connectivity index (χ0) is 17.9. The summed E-state index contributed by atoms with van der Waals surface area (Å²) in [6, 6.07) is 11.7. The van der Waals surface area contributed by atoms with Gasteiger partial charge in [-0.05, 0) is 43.7 Å². The van der Waals surface area contributed by atoms with Crippen molar-refractivity contribution in [2.75, 3.05) is 31.4 Å². The molecule has 2 aromatic carbocycles. The third-order valence-corrected chi connectivity index (χ3v) is 4.22. The van der Waals surface area contributed by atoms with Gasteiger partial charge in [-0.2, -0.15) is 0 Å². The van der Waals surface area contributed by atoms with E-state index in [9.17, 15) is 9.18 Å². The van der Waals surface area contributed by atoms with Crippen LogP contribution < -0.4 is 10.2 Å². The monoisotopic (exact) mass is 329 g/mol. The summed E-state index contributed by atoms with van der Waals surface area (Å²) < 4.78 is 13.9. The first-order valence-corrected chi connectivity index (χ1v) is 7.87. The average Bonchev–Trinajstić information content (AvgIpc) is 2.55. The highest BCUT2D eigenvalue weighted by atomic mass is 19.1. The highest BCUT2D eigenvalue weighted by molar-refractivity contribution is 5.90. The Kier molecular flexibility index (Phi) is 5.44. The van der Waals surface area contributed by atoms with Gasteiger partial charge in [0.25, 0.3) is 0 Å². The maximum absolute atomic E-state index is 13.9. The van der Waals surface area contributed by atoms with E-state index >= 15 is 0 Å². The van der Waals surface area contributed by atoms with Crippen molar-refractivity contribution in [2.24, 2.45) is 0 Å². The SMILES string of the molecule is Cc1cc(N(C)C)ccc1NC(=O)N(C)C(C)c1ccccc1F. The molecule has 5 heteroatoms. The fourth-order valence-corrected chi connectivity index (χ4v) is 2.47. The molecule has 24 heavy (non-hydrogen) atoms. The van der Waals surface area contributed by atoms with Gasteiger partial charge in [-0.3, -0.25) is 0 Å². The number of benzene rings is 2. The minimum atomic E-state index is -0.368. The van der Waals surface area contributed by atoms with Gasteiger partial charge in [0.05, 0.1) is 6.04 Å². The Morgan fingerprint density at radius 3 is 2.38 bits per heavy atom. The van der Waals surface area contributed by atoms with Crippen molar-refractivity contribution in [1.82, 2.24) is 4.90 Å². The van der Waals surface area contributed by atoms with Gasteiger partial charge in [0.15, 0.2) is 0 Å². The molecule has 0 saturated heterocycles. The van der Waals surface area contributed by atoms with Crippen molar-refractivity contribution >= 4 is 17.4 Å². The lowest BCUT2D eigenvalue weighted by atomic mass is 10.1. The molecule has 128 valence electrons. The quantitative estimate of drug-likeness (QED) is 0.901. The number of carbonyl (C=O) groups excluding carboxylic acids is 1. The maximum Gasteiger partial charge on any atom is 0.322 e. The molecule has 4 nitrogen and oxygen atoms in total. The molecule has 0 aliphatic rings. The van der Waals surface area contributed by atoms with E-state index in [0.29, 0.717) is 5.56 Å². The van der Waals surface area contributed by atoms with Crippen LogP contribution in [-0.4, -0.2) is 32.1 Å². The molecule has 2 rings (SSSR count). The van der Waals surface area contributed by atoms with Crippen molar-refractivity contribution < 1.29 is 9.18 Å². The minimum absolute atomic E-state index is 0.272. The molecule has 0 aromatic heterocycles. The smallest absolute Gasteiger partial charge is 0.322 e. The molecule has 0 fully saturated rings. The standard InChI is InChI=1S/C19H24FN3O/c1-13-12-15(22(3)4)10-11-18(13)21-19(24)23(5)14(2)16-8-6-7-9-17(16)20/h6-12,14H,1-5H3,(H,21,24). The molecule has 0 spiro atoms. The topological polar surface area (TPSA) is 35.6 Å². The summed E-state index contributed by atoms with van der Waals surface area (Å²) in [5, 5.41) is 2.89. The number of amides is 2. The third kappa shape index (κ3) is 3.85. The van der Waals surface area contributed by atoms with Crippen molar-refractivity contribution in [3.05, 3.63) is 59.4 Å². The van der Waals surface area contributed by atoms with Gasteiger partial charge < -0.3 is 15.1 Å². The predicted molar refractivity (Wildman–Crippen MR) is 97.1 cm³/mol. The molecular weight excluding hydrogens is 305 g/mol. The van der Waals surface area contributed by atoms with Crippen LogP contribution >= 0.6 is 0 Å². The second-order valence-corrected chi connectivity index (χ2v) is 6.13. The predicted octanol–water partition coefficient (Wildman–Crippen LogP) is 4.43. The highest BCUT2D eigenvalue weighted by Gasteiger charge is 2.20. The molecule has 0 saturated carbocycles. The van der Waals surface area contributed by atoms with E-state index in [1.54, 1.807) is 32.2 Å². The second kappa shape index (κ2) is 7.34. The Morgan fingerprint density at radius 1 is 1.12 bits per heavy atom. The number of hydrogen-bond acceptors (Lipinski definition) is 2. The Hall–Kier alpha value is -2.56. The number of carbonyl (C=O) groups is 1. The Labute approximate surface area is 142 Å². The summed E-state index contributed by atoms with van der Waals surface area (Å²) in [7, 11) is 5.60. The Morgan fingerprint density at radius 2 is 1.79 bits per heavy atom. The number of anilines is 2. The van der Waals surface area contributed by atoms with Gasteiger partial charge in [0.1, 0.15) is 5.82 Å². The van der Waals surface area contributed by atoms with E-state index in [2.05, 4.69) is 5.32 Å². The summed E-state index contributed by atoms with van der Waals surface area (Å²) in [5.41, 5.74) is 3.29. The van der Waals surface area contributed by atoms with E-state index in [4.69, 9.17) is 0 Å². The molecule has 0 bridgehead atoms. The first-order chi connectivity index (χ1) is 11.3. The Bertz CT molecular complexity index is 730. The van der Waals surface area contributed by atoms with E-state index in [1.807, 2.05) is 44.1 Å². The lowest BCUT2D eigenvalue weighted by molar-refractivity contribution is 0.207. The van der Waals surface area contributed by atoms with Gasteiger partial charge in [-0.1, -0.05) is 18.2 Å². The second-order valence-electron chi connectivity index (χ2n) is 6.13. The van der Waals surface area contributed by atoms with Crippen LogP contribution in [0.4, 0.5) is 20.6 Å². The van der Waals surface area contributed by atoms with Gasteiger partial charge >= 0.3 is 6.03 Å². The van der Waals surface area contributed by atoms with Crippen LogP contribution in [0.25, 0.3) is 0 Å². The molecule has 0 heterocycles. The van der Waals surface area contributed by atoms with Crippen molar-refractivity contribution in [3.63, 3.8) is 0 Å². The number of nitrogens with one attached hydrogen (secondary N) is 1. The first-order valence-electron chi connectivity index (χ1n) is 7.87. The van der Waals surface area contributed by atoms with Gasteiger partial charge in [-0.25, -0.2) is 9.18 Å². The molecule has 0 aliphatic heterocycles. The summed E-state index contributed by atoms with van der Waals surface area (Å²) in [6.07, 6.45) is 0.